The molecule has 3 aromatic rings. The molecule has 102 valence electrons. The molecule has 0 aliphatic heterocycles. The number of rotatable bonds is 4. The zero-order chi connectivity index (χ0) is 13.9. The molecule has 0 spiro atoms. The van der Waals surface area contributed by atoms with E-state index in [4.69, 9.17) is 0 Å². The zero-order valence-corrected chi connectivity index (χ0v) is 13.1. The largest absolute Gasteiger partial charge is 0.380 e. The minimum Gasteiger partial charge on any atom is -0.380 e. The molecule has 0 amide bonds. The first kappa shape index (κ1) is 13.3. The van der Waals surface area contributed by atoms with Crippen LogP contribution in [0, 0.1) is 13.8 Å². The molecule has 0 unspecified atom stereocenters. The Bertz CT molecular complexity index is 695. The summed E-state index contributed by atoms with van der Waals surface area (Å²) in [5.41, 5.74) is 3.38. The van der Waals surface area contributed by atoms with Crippen LogP contribution in [0.5, 0.6) is 0 Å². The van der Waals surface area contributed by atoms with Crippen LogP contribution in [0.2, 0.25) is 0 Å². The maximum Gasteiger partial charge on any atom is 0.0901 e. The van der Waals surface area contributed by atoms with Crippen molar-refractivity contribution >= 4 is 28.4 Å². The number of benzene rings is 1. The molecule has 0 saturated heterocycles. The topological polar surface area (TPSA) is 24.9 Å². The normalized spacial score (nSPS) is 10.7. The lowest BCUT2D eigenvalue weighted by Gasteiger charge is -2.05. The molecule has 1 N–H and O–H groups in total. The quantitative estimate of drug-likeness (QED) is 0.725. The summed E-state index contributed by atoms with van der Waals surface area (Å²) >= 11 is 3.53. The van der Waals surface area contributed by atoms with Crippen molar-refractivity contribution in [2.45, 2.75) is 20.4 Å². The molecule has 0 bridgehead atoms. The van der Waals surface area contributed by atoms with E-state index in [9.17, 15) is 0 Å². The standard InChI is InChI=1S/C16H16N2S2/c1-11-3-8-15(20-11)9-17-14-6-4-13(5-7-14)16-10-19-12(2)18-16/h3-8,10,17H,9H2,1-2H3. The highest BCUT2D eigenvalue weighted by Crippen LogP contribution is 2.23. The molecule has 20 heavy (non-hydrogen) atoms. The van der Waals surface area contributed by atoms with Crippen molar-refractivity contribution in [1.82, 2.24) is 4.98 Å². The molecule has 0 aliphatic carbocycles. The SMILES string of the molecule is Cc1ccc(CNc2ccc(-c3csc(C)n3)cc2)s1. The van der Waals surface area contributed by atoms with Gasteiger partial charge in [-0.15, -0.1) is 22.7 Å². The van der Waals surface area contributed by atoms with E-state index in [1.54, 1.807) is 11.3 Å². The van der Waals surface area contributed by atoms with Crippen LogP contribution in [0.3, 0.4) is 0 Å². The zero-order valence-electron chi connectivity index (χ0n) is 11.5. The lowest BCUT2D eigenvalue weighted by Crippen LogP contribution is -1.96. The molecular weight excluding hydrogens is 284 g/mol. The lowest BCUT2D eigenvalue weighted by molar-refractivity contribution is 1.19. The third-order valence-corrected chi connectivity index (χ3v) is 4.84. The Hall–Kier alpha value is -1.65. The first-order valence-corrected chi connectivity index (χ1v) is 8.22. The van der Waals surface area contributed by atoms with E-state index < -0.39 is 0 Å². The van der Waals surface area contributed by atoms with Crippen molar-refractivity contribution < 1.29 is 0 Å². The molecule has 0 aliphatic rings. The highest BCUT2D eigenvalue weighted by Gasteiger charge is 2.02. The first-order valence-electron chi connectivity index (χ1n) is 6.52. The highest BCUT2D eigenvalue weighted by atomic mass is 32.1. The Morgan fingerprint density at radius 3 is 2.45 bits per heavy atom. The summed E-state index contributed by atoms with van der Waals surface area (Å²) in [6, 6.07) is 12.8. The highest BCUT2D eigenvalue weighted by molar-refractivity contribution is 7.11. The van der Waals surface area contributed by atoms with Gasteiger partial charge in [-0.3, -0.25) is 0 Å². The van der Waals surface area contributed by atoms with Crippen LogP contribution in [0.15, 0.2) is 41.8 Å². The third kappa shape index (κ3) is 3.08. The van der Waals surface area contributed by atoms with E-state index in [0.717, 1.165) is 22.9 Å². The predicted octanol–water partition coefficient (Wildman–Crippen LogP) is 5.10. The fourth-order valence-electron chi connectivity index (χ4n) is 2.02. The molecule has 2 heterocycles. The van der Waals surface area contributed by atoms with Gasteiger partial charge in [0.25, 0.3) is 0 Å². The van der Waals surface area contributed by atoms with Gasteiger partial charge in [-0.1, -0.05) is 12.1 Å². The summed E-state index contributed by atoms with van der Waals surface area (Å²) in [5, 5.41) is 6.66. The van der Waals surface area contributed by atoms with E-state index in [-0.39, 0.29) is 0 Å². The second-order valence-corrected chi connectivity index (χ2v) is 7.13. The smallest absolute Gasteiger partial charge is 0.0901 e. The first-order chi connectivity index (χ1) is 9.70. The van der Waals surface area contributed by atoms with E-state index in [2.05, 4.69) is 59.0 Å². The van der Waals surface area contributed by atoms with E-state index in [0.29, 0.717) is 0 Å². The summed E-state index contributed by atoms with van der Waals surface area (Å²) in [5.74, 6) is 0. The Labute approximate surface area is 127 Å². The molecule has 2 aromatic heterocycles. The van der Waals surface area contributed by atoms with Crippen molar-refractivity contribution in [3.63, 3.8) is 0 Å². The Balaban J connectivity index is 1.67. The monoisotopic (exact) mass is 300 g/mol. The van der Waals surface area contributed by atoms with Gasteiger partial charge in [-0.05, 0) is 38.1 Å². The average Bonchev–Trinajstić information content (AvgIpc) is 3.06. The summed E-state index contributed by atoms with van der Waals surface area (Å²) in [7, 11) is 0. The van der Waals surface area contributed by atoms with Crippen LogP contribution in [0.4, 0.5) is 5.69 Å². The molecule has 0 atom stereocenters. The van der Waals surface area contributed by atoms with Gasteiger partial charge in [0.1, 0.15) is 0 Å². The van der Waals surface area contributed by atoms with E-state index >= 15 is 0 Å². The van der Waals surface area contributed by atoms with Crippen LogP contribution in [-0.4, -0.2) is 4.98 Å². The Morgan fingerprint density at radius 2 is 1.85 bits per heavy atom. The van der Waals surface area contributed by atoms with Crippen LogP contribution < -0.4 is 5.32 Å². The fourth-order valence-corrected chi connectivity index (χ4v) is 3.48. The van der Waals surface area contributed by atoms with Crippen molar-refractivity contribution in [1.29, 1.82) is 0 Å². The molecule has 4 heteroatoms. The van der Waals surface area contributed by atoms with Crippen molar-refractivity contribution in [3.05, 3.63) is 56.5 Å². The van der Waals surface area contributed by atoms with Gasteiger partial charge in [0, 0.05) is 32.9 Å². The van der Waals surface area contributed by atoms with Gasteiger partial charge in [-0.25, -0.2) is 4.98 Å². The van der Waals surface area contributed by atoms with Gasteiger partial charge in [-0.2, -0.15) is 0 Å². The van der Waals surface area contributed by atoms with Crippen molar-refractivity contribution in [3.8, 4) is 11.3 Å². The summed E-state index contributed by atoms with van der Waals surface area (Å²) < 4.78 is 0. The second-order valence-electron chi connectivity index (χ2n) is 4.70. The number of anilines is 1. The molecular formula is C16H16N2S2. The molecule has 0 saturated carbocycles. The van der Waals surface area contributed by atoms with Gasteiger partial charge in [0.2, 0.25) is 0 Å². The van der Waals surface area contributed by atoms with Crippen molar-refractivity contribution in [2.75, 3.05) is 5.32 Å². The van der Waals surface area contributed by atoms with E-state index in [1.165, 1.54) is 15.3 Å². The Morgan fingerprint density at radius 1 is 1.05 bits per heavy atom. The maximum absolute atomic E-state index is 4.51. The van der Waals surface area contributed by atoms with Crippen LogP contribution in [-0.2, 0) is 6.54 Å². The third-order valence-electron chi connectivity index (χ3n) is 3.06. The molecule has 3 rings (SSSR count). The average molecular weight is 300 g/mol. The van der Waals surface area contributed by atoms with Crippen molar-refractivity contribution in [2.24, 2.45) is 0 Å². The number of thiophene rings is 1. The number of aromatic nitrogens is 1. The Kier molecular flexibility index (Phi) is 3.85. The number of thiazole rings is 1. The van der Waals surface area contributed by atoms with Gasteiger partial charge in [0.15, 0.2) is 0 Å². The van der Waals surface area contributed by atoms with E-state index in [1.807, 2.05) is 18.3 Å². The molecule has 0 fully saturated rings. The second kappa shape index (κ2) is 5.77. The van der Waals surface area contributed by atoms with Gasteiger partial charge in [0.05, 0.1) is 10.7 Å². The van der Waals surface area contributed by atoms with Crippen LogP contribution >= 0.6 is 22.7 Å². The minimum absolute atomic E-state index is 0.883. The minimum atomic E-state index is 0.883. The summed E-state index contributed by atoms with van der Waals surface area (Å²) in [4.78, 5) is 7.23. The molecule has 1 aromatic carbocycles. The lowest BCUT2D eigenvalue weighted by atomic mass is 10.1. The predicted molar refractivity (Wildman–Crippen MR) is 88.7 cm³/mol. The molecule has 2 nitrogen and oxygen atoms in total. The summed E-state index contributed by atoms with van der Waals surface area (Å²) in [6.45, 7) is 5.06. The van der Waals surface area contributed by atoms with Gasteiger partial charge < -0.3 is 5.32 Å². The molecule has 0 radical (unpaired) electrons. The number of nitrogens with one attached hydrogen (secondary N) is 1. The number of hydrogen-bond acceptors (Lipinski definition) is 4. The van der Waals surface area contributed by atoms with Crippen LogP contribution in [0.1, 0.15) is 14.8 Å². The van der Waals surface area contributed by atoms with Crippen LogP contribution in [0.25, 0.3) is 11.3 Å². The van der Waals surface area contributed by atoms with Gasteiger partial charge >= 0.3 is 0 Å². The fraction of sp³-hybridized carbons (Fsp3) is 0.188. The number of aryl methyl sites for hydroxylation is 2. The number of nitrogens with zero attached hydrogens (tertiary/aromatic N) is 1. The maximum atomic E-state index is 4.51. The summed E-state index contributed by atoms with van der Waals surface area (Å²) in [6.07, 6.45) is 0. The number of hydrogen-bond donors (Lipinski definition) is 1.